The van der Waals surface area contributed by atoms with E-state index in [0.29, 0.717) is 0 Å². The Morgan fingerprint density at radius 3 is 2.78 bits per heavy atom. The summed E-state index contributed by atoms with van der Waals surface area (Å²) in [6.45, 7) is 5.71. The van der Waals surface area contributed by atoms with Gasteiger partial charge in [-0.3, -0.25) is 0 Å². The van der Waals surface area contributed by atoms with E-state index in [0.717, 1.165) is 36.3 Å². The summed E-state index contributed by atoms with van der Waals surface area (Å²) >= 11 is 0. The van der Waals surface area contributed by atoms with Gasteiger partial charge in [-0.15, -0.1) is 0 Å². The molecule has 1 N–H and O–H groups in total. The molecule has 2 aromatic rings. The van der Waals surface area contributed by atoms with Crippen molar-refractivity contribution in [3.8, 4) is 0 Å². The van der Waals surface area contributed by atoms with Crippen molar-refractivity contribution in [3.05, 3.63) is 41.4 Å². The summed E-state index contributed by atoms with van der Waals surface area (Å²) in [7, 11) is 0. The third-order valence-electron chi connectivity index (χ3n) is 3.53. The van der Waals surface area contributed by atoms with Gasteiger partial charge in [-0.25, -0.2) is 4.98 Å². The molecule has 2 aromatic heterocycles. The SMILES string of the molecule is Cc1ncn(Cc2ccc(CNC3CC3)o2)c1C. The number of hydrogen-bond donors (Lipinski definition) is 1. The summed E-state index contributed by atoms with van der Waals surface area (Å²) in [6, 6.07) is 4.83. The maximum absolute atomic E-state index is 5.82. The van der Waals surface area contributed by atoms with E-state index in [2.05, 4.69) is 33.9 Å². The maximum atomic E-state index is 5.82. The van der Waals surface area contributed by atoms with E-state index in [9.17, 15) is 0 Å². The number of aromatic nitrogens is 2. The molecule has 0 aliphatic heterocycles. The zero-order valence-electron chi connectivity index (χ0n) is 10.9. The van der Waals surface area contributed by atoms with Crippen LogP contribution in [0.5, 0.6) is 0 Å². The molecule has 0 atom stereocenters. The molecule has 18 heavy (non-hydrogen) atoms. The molecule has 0 saturated heterocycles. The Kier molecular flexibility index (Phi) is 2.96. The highest BCUT2D eigenvalue weighted by molar-refractivity contribution is 5.13. The van der Waals surface area contributed by atoms with E-state index in [-0.39, 0.29) is 0 Å². The van der Waals surface area contributed by atoms with Crippen molar-refractivity contribution in [1.82, 2.24) is 14.9 Å². The van der Waals surface area contributed by atoms with E-state index in [1.54, 1.807) is 0 Å². The predicted molar refractivity (Wildman–Crippen MR) is 69.4 cm³/mol. The van der Waals surface area contributed by atoms with Crippen LogP contribution in [0, 0.1) is 13.8 Å². The molecular weight excluding hydrogens is 226 g/mol. The monoisotopic (exact) mass is 245 g/mol. The van der Waals surface area contributed by atoms with Gasteiger partial charge in [0.1, 0.15) is 11.5 Å². The van der Waals surface area contributed by atoms with Gasteiger partial charge >= 0.3 is 0 Å². The minimum Gasteiger partial charge on any atom is -0.463 e. The highest BCUT2D eigenvalue weighted by Crippen LogP contribution is 2.20. The third kappa shape index (κ3) is 2.48. The molecule has 0 unspecified atom stereocenters. The second-order valence-corrected chi connectivity index (χ2v) is 5.07. The summed E-state index contributed by atoms with van der Waals surface area (Å²) in [4.78, 5) is 4.30. The fourth-order valence-corrected chi connectivity index (χ4v) is 2.01. The van der Waals surface area contributed by atoms with Crippen LogP contribution in [0.2, 0.25) is 0 Å². The first-order valence-electron chi connectivity index (χ1n) is 6.51. The number of hydrogen-bond acceptors (Lipinski definition) is 3. The van der Waals surface area contributed by atoms with E-state index in [4.69, 9.17) is 4.42 Å². The van der Waals surface area contributed by atoms with Crippen LogP contribution >= 0.6 is 0 Å². The molecule has 1 saturated carbocycles. The van der Waals surface area contributed by atoms with Crippen molar-refractivity contribution in [2.45, 2.75) is 45.8 Å². The Balaban J connectivity index is 1.63. The van der Waals surface area contributed by atoms with Crippen LogP contribution in [0.25, 0.3) is 0 Å². The smallest absolute Gasteiger partial charge is 0.123 e. The molecular formula is C14H19N3O. The Labute approximate surface area is 107 Å². The number of rotatable bonds is 5. The van der Waals surface area contributed by atoms with Crippen molar-refractivity contribution < 1.29 is 4.42 Å². The van der Waals surface area contributed by atoms with Crippen LogP contribution in [-0.4, -0.2) is 15.6 Å². The first kappa shape index (κ1) is 11.5. The molecule has 1 aliphatic carbocycles. The van der Waals surface area contributed by atoms with Crippen molar-refractivity contribution in [1.29, 1.82) is 0 Å². The standard InChI is InChI=1S/C14H19N3O/c1-10-11(2)17(9-16-10)8-14-6-5-13(18-14)7-15-12-3-4-12/h5-6,9,12,15H,3-4,7-8H2,1-2H3. The van der Waals surface area contributed by atoms with Crippen LogP contribution in [0.4, 0.5) is 0 Å². The van der Waals surface area contributed by atoms with Gasteiger partial charge in [0.15, 0.2) is 0 Å². The van der Waals surface area contributed by atoms with Crippen LogP contribution in [-0.2, 0) is 13.1 Å². The Morgan fingerprint density at radius 1 is 1.33 bits per heavy atom. The number of imidazole rings is 1. The highest BCUT2D eigenvalue weighted by atomic mass is 16.3. The van der Waals surface area contributed by atoms with E-state index >= 15 is 0 Å². The summed E-state index contributed by atoms with van der Waals surface area (Å²) in [5.74, 6) is 2.01. The lowest BCUT2D eigenvalue weighted by Crippen LogP contribution is -2.14. The largest absolute Gasteiger partial charge is 0.463 e. The minimum absolute atomic E-state index is 0.720. The highest BCUT2D eigenvalue weighted by Gasteiger charge is 2.20. The topological polar surface area (TPSA) is 43.0 Å². The fraction of sp³-hybridized carbons (Fsp3) is 0.500. The quantitative estimate of drug-likeness (QED) is 0.879. The lowest BCUT2D eigenvalue weighted by atomic mass is 10.3. The van der Waals surface area contributed by atoms with Gasteiger partial charge in [0.2, 0.25) is 0 Å². The number of nitrogens with one attached hydrogen (secondary N) is 1. The molecule has 1 fully saturated rings. The van der Waals surface area contributed by atoms with Crippen molar-refractivity contribution in [2.24, 2.45) is 0 Å². The molecule has 2 heterocycles. The van der Waals surface area contributed by atoms with Crippen molar-refractivity contribution in [2.75, 3.05) is 0 Å². The van der Waals surface area contributed by atoms with Gasteiger partial charge in [0, 0.05) is 11.7 Å². The fourth-order valence-electron chi connectivity index (χ4n) is 2.01. The first-order chi connectivity index (χ1) is 8.72. The summed E-state index contributed by atoms with van der Waals surface area (Å²) in [6.07, 6.45) is 4.48. The molecule has 1 aliphatic rings. The summed E-state index contributed by atoms with van der Waals surface area (Å²) < 4.78 is 7.94. The first-order valence-corrected chi connectivity index (χ1v) is 6.51. The van der Waals surface area contributed by atoms with E-state index in [1.165, 1.54) is 18.5 Å². The second kappa shape index (κ2) is 4.61. The molecule has 0 spiro atoms. The third-order valence-corrected chi connectivity index (χ3v) is 3.53. The minimum atomic E-state index is 0.720. The van der Waals surface area contributed by atoms with Crippen molar-refractivity contribution >= 4 is 0 Å². The lowest BCUT2D eigenvalue weighted by molar-refractivity contribution is 0.435. The van der Waals surface area contributed by atoms with Crippen LogP contribution < -0.4 is 5.32 Å². The second-order valence-electron chi connectivity index (χ2n) is 5.07. The Morgan fingerprint density at radius 2 is 2.11 bits per heavy atom. The number of furan rings is 1. The summed E-state index contributed by atoms with van der Waals surface area (Å²) in [5, 5.41) is 3.45. The van der Waals surface area contributed by atoms with Gasteiger partial charge in [-0.05, 0) is 38.8 Å². The van der Waals surface area contributed by atoms with Gasteiger partial charge in [-0.2, -0.15) is 0 Å². The van der Waals surface area contributed by atoms with Crippen LogP contribution in [0.15, 0.2) is 22.9 Å². The predicted octanol–water partition coefficient (Wildman–Crippen LogP) is 2.39. The molecule has 0 amide bonds. The van der Waals surface area contributed by atoms with Crippen molar-refractivity contribution in [3.63, 3.8) is 0 Å². The molecule has 4 heteroatoms. The molecule has 96 valence electrons. The summed E-state index contributed by atoms with van der Waals surface area (Å²) in [5.41, 5.74) is 2.28. The van der Waals surface area contributed by atoms with Crippen LogP contribution in [0.1, 0.15) is 35.7 Å². The Hall–Kier alpha value is -1.55. The molecule has 0 bridgehead atoms. The Bertz CT molecular complexity index is 537. The molecule has 0 aromatic carbocycles. The van der Waals surface area contributed by atoms with Crippen LogP contribution in [0.3, 0.4) is 0 Å². The van der Waals surface area contributed by atoms with Gasteiger partial charge in [0.25, 0.3) is 0 Å². The van der Waals surface area contributed by atoms with E-state index < -0.39 is 0 Å². The molecule has 4 nitrogen and oxygen atoms in total. The average molecular weight is 245 g/mol. The molecule has 3 rings (SSSR count). The van der Waals surface area contributed by atoms with Gasteiger partial charge < -0.3 is 14.3 Å². The molecule has 0 radical (unpaired) electrons. The zero-order valence-corrected chi connectivity index (χ0v) is 10.9. The van der Waals surface area contributed by atoms with E-state index in [1.807, 2.05) is 13.3 Å². The zero-order chi connectivity index (χ0) is 12.5. The normalized spacial score (nSPS) is 15.2. The number of aryl methyl sites for hydroxylation is 1. The average Bonchev–Trinajstić information content (AvgIpc) is 3.02. The van der Waals surface area contributed by atoms with Gasteiger partial charge in [-0.1, -0.05) is 0 Å². The number of nitrogens with zero attached hydrogens (tertiary/aromatic N) is 2. The maximum Gasteiger partial charge on any atom is 0.123 e. The lowest BCUT2D eigenvalue weighted by Gasteiger charge is -2.03. The van der Waals surface area contributed by atoms with Gasteiger partial charge in [0.05, 0.1) is 25.1 Å².